The molecule has 6 heteroatoms. The van der Waals surface area contributed by atoms with Gasteiger partial charge in [-0.2, -0.15) is 0 Å². The van der Waals surface area contributed by atoms with E-state index in [0.717, 1.165) is 22.4 Å². The normalized spacial score (nSPS) is 18.6. The summed E-state index contributed by atoms with van der Waals surface area (Å²) in [6.07, 6.45) is 0.348. The van der Waals surface area contributed by atoms with Crippen LogP contribution in [0.25, 0.3) is 0 Å². The Hall–Kier alpha value is -3.02. The Morgan fingerprint density at radius 1 is 0.967 bits per heavy atom. The molecule has 5 nitrogen and oxygen atoms in total. The zero-order valence-corrected chi connectivity index (χ0v) is 17.6. The molecule has 3 aromatic rings. The van der Waals surface area contributed by atoms with Gasteiger partial charge in [0.1, 0.15) is 11.9 Å². The number of methoxy groups -OCH3 is 2. The molecule has 0 fully saturated rings. The predicted octanol–water partition coefficient (Wildman–Crippen LogP) is 5.29. The number of phenolic OH excluding ortho intramolecular Hbond substituents is 1. The molecule has 4 rings (SSSR count). The maximum Gasteiger partial charge on any atom is 0.161 e. The molecule has 154 valence electrons. The summed E-state index contributed by atoms with van der Waals surface area (Å²) in [5.74, 6) is 1.58. The average molecular weight is 423 g/mol. The topological polar surface area (TPSA) is 63.1 Å². The summed E-state index contributed by atoms with van der Waals surface area (Å²) in [6, 6.07) is 20.7. The van der Waals surface area contributed by atoms with E-state index in [1.165, 1.54) is 0 Å². The largest absolute Gasteiger partial charge is 0.508 e. The number of nitrogens with zero attached hydrogens (tertiary/aromatic N) is 1. The minimum atomic E-state index is -0.274. The lowest BCUT2D eigenvalue weighted by Crippen LogP contribution is -2.33. The molecule has 1 aliphatic rings. The first kappa shape index (κ1) is 20.3. The fourth-order valence-corrected chi connectivity index (χ4v) is 3.82. The van der Waals surface area contributed by atoms with Crippen LogP contribution in [0.5, 0.6) is 17.2 Å². The summed E-state index contributed by atoms with van der Waals surface area (Å²) >= 11 is 6.07. The van der Waals surface area contributed by atoms with Crippen LogP contribution in [0.15, 0.2) is 71.7 Å². The van der Waals surface area contributed by atoms with Gasteiger partial charge < -0.3 is 14.6 Å². The first-order chi connectivity index (χ1) is 14.6. The van der Waals surface area contributed by atoms with Crippen LogP contribution in [0.4, 0.5) is 0 Å². The average Bonchev–Trinajstić information content (AvgIpc) is 2.79. The van der Waals surface area contributed by atoms with Crippen LogP contribution in [0.2, 0.25) is 5.02 Å². The van der Waals surface area contributed by atoms with E-state index in [1.807, 2.05) is 60.7 Å². The number of hydrogen-bond acceptors (Lipinski definition) is 5. The molecule has 0 saturated heterocycles. The molecule has 0 amide bonds. The number of benzene rings is 3. The summed E-state index contributed by atoms with van der Waals surface area (Å²) in [4.78, 5) is 4.97. The molecular formula is C24H23ClN2O3. The summed E-state index contributed by atoms with van der Waals surface area (Å²) in [7, 11) is 3.23. The van der Waals surface area contributed by atoms with Crippen LogP contribution < -0.4 is 14.8 Å². The molecule has 30 heavy (non-hydrogen) atoms. The molecule has 1 aliphatic heterocycles. The first-order valence-electron chi connectivity index (χ1n) is 9.67. The minimum absolute atomic E-state index is 0.104. The number of phenols is 1. The molecule has 1 heterocycles. The monoisotopic (exact) mass is 422 g/mol. The number of hydrogen-bond donors (Lipinski definition) is 2. The lowest BCUT2D eigenvalue weighted by Gasteiger charge is -2.31. The molecule has 0 unspecified atom stereocenters. The first-order valence-corrected chi connectivity index (χ1v) is 10.1. The second-order valence-corrected chi connectivity index (χ2v) is 7.52. The quantitative estimate of drug-likeness (QED) is 0.586. The minimum Gasteiger partial charge on any atom is -0.508 e. The van der Waals surface area contributed by atoms with Gasteiger partial charge in [0, 0.05) is 28.8 Å². The van der Waals surface area contributed by atoms with E-state index in [2.05, 4.69) is 5.32 Å². The van der Waals surface area contributed by atoms with Gasteiger partial charge in [0.15, 0.2) is 11.5 Å². The molecule has 0 aliphatic carbocycles. The van der Waals surface area contributed by atoms with Crippen LogP contribution in [0, 0.1) is 0 Å². The van der Waals surface area contributed by atoms with Gasteiger partial charge in [-0.25, -0.2) is 0 Å². The van der Waals surface area contributed by atoms with Crippen LogP contribution in [0.3, 0.4) is 0 Å². The highest BCUT2D eigenvalue weighted by atomic mass is 35.5. The summed E-state index contributed by atoms with van der Waals surface area (Å²) < 4.78 is 10.8. The number of nitrogens with one attached hydrogen (secondary N) is 1. The van der Waals surface area contributed by atoms with Gasteiger partial charge in [0.25, 0.3) is 0 Å². The summed E-state index contributed by atoms with van der Waals surface area (Å²) in [5.41, 5.74) is 3.71. The molecule has 2 N–H and O–H groups in total. The number of rotatable bonds is 5. The third-order valence-corrected chi connectivity index (χ3v) is 5.51. The lowest BCUT2D eigenvalue weighted by atomic mass is 9.93. The van der Waals surface area contributed by atoms with E-state index in [0.29, 0.717) is 22.9 Å². The smallest absolute Gasteiger partial charge is 0.161 e. The van der Waals surface area contributed by atoms with Gasteiger partial charge >= 0.3 is 0 Å². The SMILES string of the molecule is COc1ccc(C2=N[C@@H](c3ccc(Cl)cc3)N[C@@H](c3ccccc3O)C2)cc1OC. The van der Waals surface area contributed by atoms with Crippen LogP contribution in [-0.2, 0) is 0 Å². The van der Waals surface area contributed by atoms with Gasteiger partial charge in [0.05, 0.1) is 14.2 Å². The van der Waals surface area contributed by atoms with E-state index in [4.69, 9.17) is 26.1 Å². The fraction of sp³-hybridized carbons (Fsp3) is 0.208. The highest BCUT2D eigenvalue weighted by Gasteiger charge is 2.28. The molecular weight excluding hydrogens is 400 g/mol. The Balaban J connectivity index is 1.77. The molecule has 3 aromatic carbocycles. The Morgan fingerprint density at radius 3 is 2.40 bits per heavy atom. The number of para-hydroxylation sites is 1. The Kier molecular flexibility index (Phi) is 5.93. The van der Waals surface area contributed by atoms with Crippen molar-refractivity contribution in [3.63, 3.8) is 0 Å². The van der Waals surface area contributed by atoms with Crippen molar-refractivity contribution in [1.82, 2.24) is 5.32 Å². The van der Waals surface area contributed by atoms with E-state index in [1.54, 1.807) is 20.3 Å². The summed E-state index contributed by atoms with van der Waals surface area (Å²) in [6.45, 7) is 0. The van der Waals surface area contributed by atoms with Crippen molar-refractivity contribution in [3.05, 3.63) is 88.4 Å². The predicted molar refractivity (Wildman–Crippen MR) is 119 cm³/mol. The third-order valence-electron chi connectivity index (χ3n) is 5.26. The zero-order chi connectivity index (χ0) is 21.1. The molecule has 0 spiro atoms. The second kappa shape index (κ2) is 8.78. The number of aromatic hydroxyl groups is 1. The van der Waals surface area contributed by atoms with Crippen molar-refractivity contribution in [2.75, 3.05) is 14.2 Å². The molecule has 0 saturated carbocycles. The van der Waals surface area contributed by atoms with Gasteiger partial charge in [-0.15, -0.1) is 0 Å². The standard InChI is InChI=1S/C24H23ClN2O3/c1-29-22-12-9-16(13-23(22)30-2)19-14-20(18-5-3-4-6-21(18)28)27-24(26-19)15-7-10-17(25)11-8-15/h3-13,20,24,27-28H,14H2,1-2H3/t20-,24-/m1/s1. The second-order valence-electron chi connectivity index (χ2n) is 7.08. The third kappa shape index (κ3) is 4.13. The van der Waals surface area contributed by atoms with Crippen molar-refractivity contribution in [2.45, 2.75) is 18.6 Å². The molecule has 0 bridgehead atoms. The highest BCUT2D eigenvalue weighted by Crippen LogP contribution is 2.36. The molecule has 2 atom stereocenters. The van der Waals surface area contributed by atoms with E-state index >= 15 is 0 Å². The fourth-order valence-electron chi connectivity index (χ4n) is 3.69. The Morgan fingerprint density at radius 2 is 1.70 bits per heavy atom. The van der Waals surface area contributed by atoms with E-state index < -0.39 is 0 Å². The Bertz CT molecular complexity index is 1070. The van der Waals surface area contributed by atoms with Gasteiger partial charge in [-0.1, -0.05) is 41.9 Å². The lowest BCUT2D eigenvalue weighted by molar-refractivity contribution is 0.355. The maximum absolute atomic E-state index is 10.4. The van der Waals surface area contributed by atoms with Crippen molar-refractivity contribution >= 4 is 17.3 Å². The number of ether oxygens (including phenoxy) is 2. The zero-order valence-electron chi connectivity index (χ0n) is 16.8. The van der Waals surface area contributed by atoms with E-state index in [-0.39, 0.29) is 18.0 Å². The van der Waals surface area contributed by atoms with Crippen molar-refractivity contribution in [3.8, 4) is 17.2 Å². The van der Waals surface area contributed by atoms with Crippen molar-refractivity contribution in [2.24, 2.45) is 4.99 Å². The van der Waals surface area contributed by atoms with E-state index in [9.17, 15) is 5.11 Å². The highest BCUT2D eigenvalue weighted by molar-refractivity contribution is 6.30. The summed E-state index contributed by atoms with van der Waals surface area (Å²) in [5, 5.41) is 14.7. The van der Waals surface area contributed by atoms with Crippen molar-refractivity contribution in [1.29, 1.82) is 0 Å². The number of aliphatic imine (C=N–C) groups is 1. The molecule has 0 radical (unpaired) electrons. The van der Waals surface area contributed by atoms with Gasteiger partial charge in [0.2, 0.25) is 0 Å². The van der Waals surface area contributed by atoms with Crippen molar-refractivity contribution < 1.29 is 14.6 Å². The van der Waals surface area contributed by atoms with Gasteiger partial charge in [-0.3, -0.25) is 10.3 Å². The Labute approximate surface area is 180 Å². The van der Waals surface area contributed by atoms with Gasteiger partial charge in [-0.05, 0) is 47.5 Å². The van der Waals surface area contributed by atoms with Crippen LogP contribution >= 0.6 is 11.6 Å². The van der Waals surface area contributed by atoms with Crippen LogP contribution in [-0.4, -0.2) is 25.0 Å². The number of halogens is 1. The maximum atomic E-state index is 10.4. The van der Waals surface area contributed by atoms with Crippen LogP contribution in [0.1, 0.15) is 35.3 Å². The molecule has 0 aromatic heterocycles.